The van der Waals surface area contributed by atoms with Crippen molar-refractivity contribution in [2.45, 2.75) is 6.92 Å². The van der Waals surface area contributed by atoms with Crippen molar-refractivity contribution in [3.8, 4) is 23.1 Å². The van der Waals surface area contributed by atoms with Crippen molar-refractivity contribution in [3.63, 3.8) is 0 Å². The number of nitrogens with zero attached hydrogens (tertiary/aromatic N) is 5. The van der Waals surface area contributed by atoms with E-state index in [1.165, 1.54) is 4.68 Å². The van der Waals surface area contributed by atoms with Gasteiger partial charge in [-0.25, -0.2) is 4.68 Å². The lowest BCUT2D eigenvalue weighted by molar-refractivity contribution is 0.821. The van der Waals surface area contributed by atoms with Crippen molar-refractivity contribution in [1.82, 2.24) is 20.0 Å². The number of aromatic nitrogens is 4. The fourth-order valence-electron chi connectivity index (χ4n) is 2.22. The van der Waals surface area contributed by atoms with Gasteiger partial charge in [0.1, 0.15) is 11.8 Å². The van der Waals surface area contributed by atoms with E-state index in [1.54, 1.807) is 13.0 Å². The molecule has 0 spiro atoms. The van der Waals surface area contributed by atoms with E-state index < -0.39 is 0 Å². The first kappa shape index (κ1) is 14.3. The van der Waals surface area contributed by atoms with Gasteiger partial charge >= 0.3 is 0 Å². The molecule has 0 saturated carbocycles. The lowest BCUT2D eigenvalue weighted by atomic mass is 10.1. The van der Waals surface area contributed by atoms with Crippen LogP contribution in [0.5, 0.6) is 0 Å². The summed E-state index contributed by atoms with van der Waals surface area (Å²) in [7, 11) is 0. The molecule has 3 rings (SSSR count). The van der Waals surface area contributed by atoms with Crippen molar-refractivity contribution in [2.24, 2.45) is 10.9 Å². The smallest absolute Gasteiger partial charge is 0.177 e. The Morgan fingerprint density at radius 2 is 2.09 bits per heavy atom. The van der Waals surface area contributed by atoms with E-state index in [2.05, 4.69) is 20.4 Å². The molecule has 0 bridgehead atoms. The van der Waals surface area contributed by atoms with E-state index >= 15 is 0 Å². The van der Waals surface area contributed by atoms with Crippen molar-refractivity contribution in [1.29, 1.82) is 5.26 Å². The maximum Gasteiger partial charge on any atom is 0.177 e. The molecule has 0 amide bonds. The molecule has 1 aromatic carbocycles. The molecule has 5 N–H and O–H groups in total. The highest BCUT2D eigenvalue weighted by Gasteiger charge is 2.20. The van der Waals surface area contributed by atoms with Gasteiger partial charge in [-0.3, -0.25) is 5.10 Å². The van der Waals surface area contributed by atoms with E-state index in [1.807, 2.05) is 36.4 Å². The van der Waals surface area contributed by atoms with Gasteiger partial charge < -0.3 is 11.6 Å². The predicted octanol–water partition coefficient (Wildman–Crippen LogP) is 1.40. The van der Waals surface area contributed by atoms with Gasteiger partial charge in [-0.05, 0) is 12.5 Å². The van der Waals surface area contributed by atoms with Gasteiger partial charge in [0.05, 0.1) is 17.1 Å². The van der Waals surface area contributed by atoms with Gasteiger partial charge in [0, 0.05) is 6.07 Å². The maximum atomic E-state index is 9.35. The van der Waals surface area contributed by atoms with E-state index in [-0.39, 0.29) is 11.4 Å². The van der Waals surface area contributed by atoms with Gasteiger partial charge in [-0.15, -0.1) is 0 Å². The monoisotopic (exact) mass is 306 g/mol. The molecule has 8 heteroatoms. The molecular formula is C15H14N8. The van der Waals surface area contributed by atoms with E-state index in [0.29, 0.717) is 17.2 Å². The summed E-state index contributed by atoms with van der Waals surface area (Å²) in [5.41, 5.74) is 8.98. The third-order valence-electron chi connectivity index (χ3n) is 3.43. The molecule has 0 atom stereocenters. The standard InChI is InChI=1S/C15H14N8/c1-9(19-18)15-14(17)12(8-16)23(22-15)13-7-11(20-21-13)10-5-3-2-4-6-10/h2-7H,17-18H2,1H3,(H,20,21)/b19-9-. The first-order valence-electron chi connectivity index (χ1n) is 6.80. The summed E-state index contributed by atoms with van der Waals surface area (Å²) in [5, 5.41) is 24.4. The zero-order chi connectivity index (χ0) is 16.4. The highest BCUT2D eigenvalue weighted by Crippen LogP contribution is 2.23. The minimum Gasteiger partial charge on any atom is -0.394 e. The first-order chi connectivity index (χ1) is 11.2. The number of benzene rings is 1. The quantitative estimate of drug-likeness (QED) is 0.382. The SMILES string of the molecule is C/C(=N/N)c1nn(-c2cc(-c3ccccc3)[nH]n2)c(C#N)c1N. The predicted molar refractivity (Wildman–Crippen MR) is 86.7 cm³/mol. The van der Waals surface area contributed by atoms with Crippen LogP contribution in [-0.4, -0.2) is 25.7 Å². The number of anilines is 1. The van der Waals surface area contributed by atoms with E-state index in [0.717, 1.165) is 11.3 Å². The molecule has 0 saturated heterocycles. The number of hydrogen-bond acceptors (Lipinski definition) is 6. The van der Waals surface area contributed by atoms with Crippen LogP contribution in [0, 0.1) is 11.3 Å². The second kappa shape index (κ2) is 5.65. The normalized spacial score (nSPS) is 11.4. The average molecular weight is 306 g/mol. The van der Waals surface area contributed by atoms with E-state index in [9.17, 15) is 5.26 Å². The van der Waals surface area contributed by atoms with E-state index in [4.69, 9.17) is 11.6 Å². The molecule has 23 heavy (non-hydrogen) atoms. The van der Waals surface area contributed by atoms with Crippen LogP contribution in [0.25, 0.3) is 17.1 Å². The summed E-state index contributed by atoms with van der Waals surface area (Å²) in [4.78, 5) is 0. The molecule has 0 unspecified atom stereocenters. The summed E-state index contributed by atoms with van der Waals surface area (Å²) in [6, 6.07) is 13.5. The second-order valence-corrected chi connectivity index (χ2v) is 4.85. The zero-order valence-electron chi connectivity index (χ0n) is 12.4. The van der Waals surface area contributed by atoms with Gasteiger partial charge in [0.15, 0.2) is 11.5 Å². The maximum absolute atomic E-state index is 9.35. The number of hydrazone groups is 1. The van der Waals surface area contributed by atoms with Crippen LogP contribution in [0.2, 0.25) is 0 Å². The third-order valence-corrected chi connectivity index (χ3v) is 3.43. The Kier molecular flexibility index (Phi) is 3.52. The molecule has 3 aromatic rings. The van der Waals surface area contributed by atoms with Crippen LogP contribution in [-0.2, 0) is 0 Å². The molecule has 0 fully saturated rings. The molecular weight excluding hydrogens is 292 g/mol. The van der Waals surface area contributed by atoms with Crippen LogP contribution >= 0.6 is 0 Å². The lowest BCUT2D eigenvalue weighted by Crippen LogP contribution is -2.04. The summed E-state index contributed by atoms with van der Waals surface area (Å²) in [5.74, 6) is 5.73. The fourth-order valence-corrected chi connectivity index (χ4v) is 2.22. The Bertz CT molecular complexity index is 911. The summed E-state index contributed by atoms with van der Waals surface area (Å²) in [6.07, 6.45) is 0. The van der Waals surface area contributed by atoms with Crippen molar-refractivity contribution < 1.29 is 0 Å². The molecule has 0 radical (unpaired) electrons. The summed E-state index contributed by atoms with van der Waals surface area (Å²) >= 11 is 0. The molecule has 0 aliphatic heterocycles. The number of nitrogens with one attached hydrogen (secondary N) is 1. The molecule has 114 valence electrons. The van der Waals surface area contributed by atoms with Crippen LogP contribution in [0.3, 0.4) is 0 Å². The Balaban J connectivity index is 2.10. The number of rotatable bonds is 3. The molecule has 0 aliphatic carbocycles. The Morgan fingerprint density at radius 1 is 1.35 bits per heavy atom. The van der Waals surface area contributed by atoms with Crippen LogP contribution in [0.1, 0.15) is 18.3 Å². The molecule has 8 nitrogen and oxygen atoms in total. The second-order valence-electron chi connectivity index (χ2n) is 4.85. The lowest BCUT2D eigenvalue weighted by Gasteiger charge is -1.96. The number of nitrogens with two attached hydrogens (primary N) is 2. The topological polar surface area (TPSA) is 135 Å². The fraction of sp³-hybridized carbons (Fsp3) is 0.0667. The molecule has 2 heterocycles. The third kappa shape index (κ3) is 2.40. The highest BCUT2D eigenvalue weighted by atomic mass is 15.4. The first-order valence-corrected chi connectivity index (χ1v) is 6.80. The summed E-state index contributed by atoms with van der Waals surface area (Å²) < 4.78 is 1.38. The van der Waals surface area contributed by atoms with Gasteiger partial charge in [-0.2, -0.15) is 20.6 Å². The number of hydrogen-bond donors (Lipinski definition) is 3. The van der Waals surface area contributed by atoms with Crippen molar-refractivity contribution in [3.05, 3.63) is 47.8 Å². The van der Waals surface area contributed by atoms with Gasteiger partial charge in [0.2, 0.25) is 0 Å². The highest BCUT2D eigenvalue weighted by molar-refractivity contribution is 6.02. The van der Waals surface area contributed by atoms with Gasteiger partial charge in [-0.1, -0.05) is 30.3 Å². The largest absolute Gasteiger partial charge is 0.394 e. The Morgan fingerprint density at radius 3 is 2.74 bits per heavy atom. The zero-order valence-corrected chi connectivity index (χ0v) is 12.4. The number of aromatic amines is 1. The average Bonchev–Trinajstić information content (AvgIpc) is 3.19. The number of nitriles is 1. The Labute approximate surface area is 132 Å². The Hall–Kier alpha value is -3.60. The minimum atomic E-state index is 0.189. The number of nitrogen functional groups attached to an aromatic ring is 1. The molecule has 0 aliphatic rings. The molecule has 2 aromatic heterocycles. The van der Waals surface area contributed by atoms with Crippen molar-refractivity contribution in [2.75, 3.05) is 5.73 Å². The van der Waals surface area contributed by atoms with Crippen molar-refractivity contribution >= 4 is 11.4 Å². The number of H-pyrrole nitrogens is 1. The van der Waals surface area contributed by atoms with Gasteiger partial charge in [0.25, 0.3) is 0 Å². The van der Waals surface area contributed by atoms with Crippen LogP contribution in [0.15, 0.2) is 41.5 Å². The van der Waals surface area contributed by atoms with Crippen LogP contribution < -0.4 is 11.6 Å². The van der Waals surface area contributed by atoms with Crippen LogP contribution in [0.4, 0.5) is 5.69 Å². The summed E-state index contributed by atoms with van der Waals surface area (Å²) in [6.45, 7) is 1.67. The minimum absolute atomic E-state index is 0.189.